The van der Waals surface area contributed by atoms with Crippen molar-refractivity contribution in [1.29, 1.82) is 0 Å². The quantitative estimate of drug-likeness (QED) is 0.752. The van der Waals surface area contributed by atoms with Crippen molar-refractivity contribution in [2.75, 3.05) is 5.32 Å². The summed E-state index contributed by atoms with van der Waals surface area (Å²) in [6, 6.07) is 10.8. The lowest BCUT2D eigenvalue weighted by molar-refractivity contribution is 0.627. The van der Waals surface area contributed by atoms with Gasteiger partial charge in [-0.1, -0.05) is 29.8 Å². The fraction of sp³-hybridized carbons (Fsp3) is 0.200. The average molecular weight is 343 g/mol. The SMILES string of the molecule is Cc1cccc(NC(C)c2ccc(F)c(Cl)c2)c1Br. The van der Waals surface area contributed by atoms with E-state index in [-0.39, 0.29) is 11.1 Å². The maximum absolute atomic E-state index is 13.1. The first-order chi connectivity index (χ1) is 8.99. The van der Waals surface area contributed by atoms with Crippen LogP contribution >= 0.6 is 27.5 Å². The van der Waals surface area contributed by atoms with Crippen LogP contribution in [0.3, 0.4) is 0 Å². The zero-order valence-electron chi connectivity index (χ0n) is 10.7. The Hall–Kier alpha value is -1.06. The lowest BCUT2D eigenvalue weighted by atomic mass is 10.1. The highest BCUT2D eigenvalue weighted by molar-refractivity contribution is 9.10. The Morgan fingerprint density at radius 3 is 2.68 bits per heavy atom. The first-order valence-corrected chi connectivity index (χ1v) is 7.12. The Balaban J connectivity index is 2.23. The Bertz CT molecular complexity index is 601. The number of anilines is 1. The fourth-order valence-corrected chi connectivity index (χ4v) is 2.42. The molecule has 0 aliphatic heterocycles. The van der Waals surface area contributed by atoms with Gasteiger partial charge in [-0.15, -0.1) is 0 Å². The van der Waals surface area contributed by atoms with E-state index in [9.17, 15) is 4.39 Å². The van der Waals surface area contributed by atoms with Gasteiger partial charge in [-0.3, -0.25) is 0 Å². The summed E-state index contributed by atoms with van der Waals surface area (Å²) in [5.74, 6) is -0.394. The summed E-state index contributed by atoms with van der Waals surface area (Å²) in [6.07, 6.45) is 0. The molecule has 0 saturated carbocycles. The Morgan fingerprint density at radius 1 is 1.26 bits per heavy atom. The summed E-state index contributed by atoms with van der Waals surface area (Å²) in [5.41, 5.74) is 3.11. The molecule has 0 spiro atoms. The van der Waals surface area contributed by atoms with E-state index < -0.39 is 5.82 Å². The highest BCUT2D eigenvalue weighted by Crippen LogP contribution is 2.30. The lowest BCUT2D eigenvalue weighted by Gasteiger charge is -2.18. The standard InChI is InChI=1S/C15H14BrClFN/c1-9-4-3-5-14(15(9)16)19-10(2)11-6-7-13(18)12(17)8-11/h3-8,10,19H,1-2H3. The number of benzene rings is 2. The number of rotatable bonds is 3. The molecule has 0 fully saturated rings. The van der Waals surface area contributed by atoms with Crippen LogP contribution in [-0.2, 0) is 0 Å². The molecule has 1 unspecified atom stereocenters. The van der Waals surface area contributed by atoms with Crippen molar-refractivity contribution in [3.05, 3.63) is 62.8 Å². The van der Waals surface area contributed by atoms with Crippen LogP contribution in [0.2, 0.25) is 5.02 Å². The van der Waals surface area contributed by atoms with E-state index in [0.717, 1.165) is 21.3 Å². The molecule has 1 N–H and O–H groups in total. The predicted molar refractivity (Wildman–Crippen MR) is 82.3 cm³/mol. The highest BCUT2D eigenvalue weighted by atomic mass is 79.9. The molecule has 0 heterocycles. The molecule has 1 nitrogen and oxygen atoms in total. The second-order valence-electron chi connectivity index (χ2n) is 4.48. The van der Waals surface area contributed by atoms with Gasteiger partial charge in [0.25, 0.3) is 0 Å². The molecule has 100 valence electrons. The van der Waals surface area contributed by atoms with Crippen LogP contribution in [-0.4, -0.2) is 0 Å². The minimum atomic E-state index is -0.394. The van der Waals surface area contributed by atoms with Crippen molar-refractivity contribution < 1.29 is 4.39 Å². The molecule has 2 rings (SSSR count). The number of hydrogen-bond donors (Lipinski definition) is 1. The number of nitrogens with one attached hydrogen (secondary N) is 1. The summed E-state index contributed by atoms with van der Waals surface area (Å²) in [7, 11) is 0. The van der Waals surface area contributed by atoms with Crippen molar-refractivity contribution >= 4 is 33.2 Å². The van der Waals surface area contributed by atoms with E-state index in [0.29, 0.717) is 0 Å². The molecular formula is C15H14BrClFN. The second-order valence-corrected chi connectivity index (χ2v) is 5.68. The Labute approximate surface area is 125 Å². The third-order valence-electron chi connectivity index (χ3n) is 3.01. The molecule has 19 heavy (non-hydrogen) atoms. The minimum absolute atomic E-state index is 0.0381. The molecule has 0 aliphatic rings. The maximum Gasteiger partial charge on any atom is 0.141 e. The monoisotopic (exact) mass is 341 g/mol. The molecular weight excluding hydrogens is 329 g/mol. The maximum atomic E-state index is 13.1. The average Bonchev–Trinajstić information content (AvgIpc) is 2.38. The van der Waals surface area contributed by atoms with Gasteiger partial charge in [-0.2, -0.15) is 0 Å². The fourth-order valence-electron chi connectivity index (χ4n) is 1.86. The third kappa shape index (κ3) is 3.28. The minimum Gasteiger partial charge on any atom is -0.378 e. The van der Waals surface area contributed by atoms with Crippen molar-refractivity contribution in [2.45, 2.75) is 19.9 Å². The first kappa shape index (κ1) is 14.4. The van der Waals surface area contributed by atoms with Crippen LogP contribution in [0.5, 0.6) is 0 Å². The van der Waals surface area contributed by atoms with Crippen molar-refractivity contribution in [3.8, 4) is 0 Å². The normalized spacial score (nSPS) is 12.3. The van der Waals surface area contributed by atoms with E-state index in [4.69, 9.17) is 11.6 Å². The molecule has 0 saturated heterocycles. The molecule has 1 atom stereocenters. The van der Waals surface area contributed by atoms with Gasteiger partial charge in [0, 0.05) is 16.2 Å². The van der Waals surface area contributed by atoms with Crippen LogP contribution in [0.15, 0.2) is 40.9 Å². The number of aryl methyl sites for hydroxylation is 1. The number of hydrogen-bond acceptors (Lipinski definition) is 1. The van der Waals surface area contributed by atoms with Gasteiger partial charge >= 0.3 is 0 Å². The third-order valence-corrected chi connectivity index (χ3v) is 4.35. The molecule has 2 aromatic rings. The Morgan fingerprint density at radius 2 is 2.00 bits per heavy atom. The second kappa shape index (κ2) is 5.93. The van der Waals surface area contributed by atoms with Gasteiger partial charge in [0.05, 0.1) is 5.02 Å². The first-order valence-electron chi connectivity index (χ1n) is 5.95. The van der Waals surface area contributed by atoms with Crippen LogP contribution in [0, 0.1) is 12.7 Å². The van der Waals surface area contributed by atoms with Crippen molar-refractivity contribution in [2.24, 2.45) is 0 Å². The van der Waals surface area contributed by atoms with Gasteiger partial charge in [-0.25, -0.2) is 4.39 Å². The smallest absolute Gasteiger partial charge is 0.141 e. The zero-order chi connectivity index (χ0) is 14.0. The van der Waals surface area contributed by atoms with Gasteiger partial charge in [0.2, 0.25) is 0 Å². The van der Waals surface area contributed by atoms with Gasteiger partial charge < -0.3 is 5.32 Å². The summed E-state index contributed by atoms with van der Waals surface area (Å²) in [4.78, 5) is 0. The molecule has 0 aromatic heterocycles. The summed E-state index contributed by atoms with van der Waals surface area (Å²) >= 11 is 9.36. The van der Waals surface area contributed by atoms with Gasteiger partial charge in [-0.05, 0) is 59.1 Å². The topological polar surface area (TPSA) is 12.0 Å². The predicted octanol–water partition coefficient (Wildman–Crippen LogP) is 5.72. The largest absolute Gasteiger partial charge is 0.378 e. The zero-order valence-corrected chi connectivity index (χ0v) is 13.0. The van der Waals surface area contributed by atoms with E-state index >= 15 is 0 Å². The molecule has 0 amide bonds. The van der Waals surface area contributed by atoms with E-state index in [2.05, 4.69) is 21.2 Å². The Kier molecular flexibility index (Phi) is 4.48. The van der Waals surface area contributed by atoms with E-state index in [1.807, 2.05) is 32.0 Å². The van der Waals surface area contributed by atoms with Crippen LogP contribution in [0.4, 0.5) is 10.1 Å². The number of halogens is 3. The molecule has 0 bridgehead atoms. The van der Waals surface area contributed by atoms with Crippen LogP contribution in [0.25, 0.3) is 0 Å². The molecule has 4 heteroatoms. The lowest BCUT2D eigenvalue weighted by Crippen LogP contribution is -2.07. The summed E-state index contributed by atoms with van der Waals surface area (Å²) in [5, 5.41) is 3.53. The molecule has 0 radical (unpaired) electrons. The van der Waals surface area contributed by atoms with Gasteiger partial charge in [0.1, 0.15) is 5.82 Å². The van der Waals surface area contributed by atoms with Gasteiger partial charge in [0.15, 0.2) is 0 Å². The van der Waals surface area contributed by atoms with E-state index in [1.165, 1.54) is 6.07 Å². The molecule has 2 aromatic carbocycles. The summed E-state index contributed by atoms with van der Waals surface area (Å²) < 4.78 is 14.2. The van der Waals surface area contributed by atoms with Crippen molar-refractivity contribution in [3.63, 3.8) is 0 Å². The van der Waals surface area contributed by atoms with E-state index in [1.54, 1.807) is 12.1 Å². The van der Waals surface area contributed by atoms with Crippen LogP contribution in [0.1, 0.15) is 24.1 Å². The van der Waals surface area contributed by atoms with Crippen molar-refractivity contribution in [1.82, 2.24) is 0 Å². The summed E-state index contributed by atoms with van der Waals surface area (Å²) in [6.45, 7) is 4.05. The highest BCUT2D eigenvalue weighted by Gasteiger charge is 2.10. The van der Waals surface area contributed by atoms with Crippen LogP contribution < -0.4 is 5.32 Å². The molecule has 0 aliphatic carbocycles.